The van der Waals surface area contributed by atoms with Crippen molar-refractivity contribution >= 4 is 29.0 Å². The van der Waals surface area contributed by atoms with Crippen LogP contribution in [0.3, 0.4) is 0 Å². The Morgan fingerprint density at radius 1 is 1.07 bits per heavy atom. The zero-order valence-corrected chi connectivity index (χ0v) is 15.0. The van der Waals surface area contributed by atoms with Crippen LogP contribution in [0.5, 0.6) is 5.75 Å². The number of phenolic OH excluding ortho intramolecular Hbond substituents is 1. The molecule has 6 rings (SSSR count). The van der Waals surface area contributed by atoms with Crippen molar-refractivity contribution in [2.45, 2.75) is 12.3 Å². The van der Waals surface area contributed by atoms with Crippen LogP contribution in [0, 0.1) is 5.92 Å². The predicted molar refractivity (Wildman–Crippen MR) is 109 cm³/mol. The average Bonchev–Trinajstić information content (AvgIpc) is 3.34. The Morgan fingerprint density at radius 2 is 1.96 bits per heavy atom. The van der Waals surface area contributed by atoms with E-state index in [4.69, 9.17) is 0 Å². The summed E-state index contributed by atoms with van der Waals surface area (Å²) in [5.74, 6) is -0.297. The molecule has 4 nitrogen and oxygen atoms in total. The molecule has 0 spiro atoms. The molecule has 2 aromatic rings. The molecule has 134 valence electrons. The van der Waals surface area contributed by atoms with Gasteiger partial charge in [0.2, 0.25) is 0 Å². The number of phenols is 1. The van der Waals surface area contributed by atoms with E-state index in [0.29, 0.717) is 11.4 Å². The molecular weight excluding hydrogens is 348 g/mol. The average molecular weight is 364 g/mol. The first-order valence-electron chi connectivity index (χ1n) is 9.42. The maximum absolute atomic E-state index is 13.7. The Labute approximate surface area is 162 Å². The summed E-state index contributed by atoms with van der Waals surface area (Å²) in [4.78, 5) is 22.6. The molecule has 28 heavy (non-hydrogen) atoms. The normalized spacial score (nSPS) is 23.8. The molecule has 1 N–H and O–H groups in total. The van der Waals surface area contributed by atoms with Crippen LogP contribution < -0.4 is 0 Å². The Hall–Kier alpha value is -3.53. The van der Waals surface area contributed by atoms with E-state index in [2.05, 4.69) is 34.3 Å². The van der Waals surface area contributed by atoms with Crippen molar-refractivity contribution in [2.24, 2.45) is 15.9 Å². The largest absolute Gasteiger partial charge is 0.506 e. The number of fused-ring (bicyclic) bond motifs is 5. The van der Waals surface area contributed by atoms with E-state index in [-0.39, 0.29) is 23.4 Å². The molecule has 0 aromatic heterocycles. The molecule has 0 radical (unpaired) electrons. The first-order chi connectivity index (χ1) is 13.7. The topological polar surface area (TPSA) is 62.0 Å². The number of aromatic hydroxyl groups is 1. The number of benzene rings is 2. The van der Waals surface area contributed by atoms with Gasteiger partial charge in [-0.15, -0.1) is 0 Å². The summed E-state index contributed by atoms with van der Waals surface area (Å²) in [6.45, 7) is 0. The number of para-hydroxylation sites is 1. The highest BCUT2D eigenvalue weighted by atomic mass is 16.3. The third kappa shape index (κ3) is 1.92. The van der Waals surface area contributed by atoms with Gasteiger partial charge < -0.3 is 5.11 Å². The molecule has 0 fully saturated rings. The second-order valence-corrected chi connectivity index (χ2v) is 7.48. The molecule has 0 bridgehead atoms. The quantitative estimate of drug-likeness (QED) is 0.767. The van der Waals surface area contributed by atoms with Gasteiger partial charge in [-0.3, -0.25) is 9.79 Å². The predicted octanol–water partition coefficient (Wildman–Crippen LogP) is 4.30. The number of allylic oxidation sites excluding steroid dienone is 5. The summed E-state index contributed by atoms with van der Waals surface area (Å²) in [5, 5.41) is 10.2. The van der Waals surface area contributed by atoms with E-state index in [1.807, 2.05) is 30.6 Å². The van der Waals surface area contributed by atoms with Crippen molar-refractivity contribution < 1.29 is 9.90 Å². The monoisotopic (exact) mass is 364 g/mol. The number of nitrogens with zero attached hydrogens (tertiary/aromatic N) is 2. The first-order valence-corrected chi connectivity index (χ1v) is 9.42. The number of hydrogen-bond donors (Lipinski definition) is 1. The molecular formula is C24H16N2O2. The van der Waals surface area contributed by atoms with E-state index >= 15 is 0 Å². The molecule has 4 heteroatoms. The van der Waals surface area contributed by atoms with Crippen LogP contribution in [-0.2, 0) is 11.2 Å². The molecule has 2 aliphatic heterocycles. The Kier molecular flexibility index (Phi) is 3.04. The second kappa shape index (κ2) is 5.49. The highest BCUT2D eigenvalue weighted by molar-refractivity contribution is 6.62. The van der Waals surface area contributed by atoms with Gasteiger partial charge in [0.05, 0.1) is 5.92 Å². The lowest BCUT2D eigenvalue weighted by atomic mass is 9.68. The summed E-state index contributed by atoms with van der Waals surface area (Å²) >= 11 is 0. The van der Waals surface area contributed by atoms with Crippen molar-refractivity contribution in [1.29, 1.82) is 0 Å². The maximum atomic E-state index is 13.7. The molecule has 2 heterocycles. The molecule has 0 amide bonds. The lowest BCUT2D eigenvalue weighted by Crippen LogP contribution is -2.35. The van der Waals surface area contributed by atoms with Gasteiger partial charge in [0.25, 0.3) is 0 Å². The van der Waals surface area contributed by atoms with Gasteiger partial charge in [0.15, 0.2) is 5.78 Å². The van der Waals surface area contributed by atoms with Crippen LogP contribution in [0.1, 0.15) is 22.6 Å². The van der Waals surface area contributed by atoms with Crippen molar-refractivity contribution in [3.8, 4) is 5.75 Å². The number of ketones is 1. The fraction of sp³-hybridized carbons (Fsp3) is 0.125. The zero-order valence-electron chi connectivity index (χ0n) is 15.0. The van der Waals surface area contributed by atoms with Crippen LogP contribution >= 0.6 is 0 Å². The van der Waals surface area contributed by atoms with E-state index in [0.717, 1.165) is 28.7 Å². The molecule has 2 aromatic carbocycles. The number of aliphatic imine (C=N–C) groups is 2. The van der Waals surface area contributed by atoms with Crippen molar-refractivity contribution in [2.75, 3.05) is 0 Å². The van der Waals surface area contributed by atoms with Gasteiger partial charge in [-0.05, 0) is 29.2 Å². The van der Waals surface area contributed by atoms with Gasteiger partial charge in [0.1, 0.15) is 17.1 Å². The first kappa shape index (κ1) is 15.5. The van der Waals surface area contributed by atoms with Crippen LogP contribution in [-0.4, -0.2) is 22.8 Å². The fourth-order valence-corrected chi connectivity index (χ4v) is 4.82. The van der Waals surface area contributed by atoms with Gasteiger partial charge >= 0.3 is 0 Å². The van der Waals surface area contributed by atoms with Gasteiger partial charge in [-0.25, -0.2) is 4.99 Å². The summed E-state index contributed by atoms with van der Waals surface area (Å²) in [7, 11) is 0. The Morgan fingerprint density at radius 3 is 2.89 bits per heavy atom. The minimum atomic E-state index is -0.353. The van der Waals surface area contributed by atoms with Crippen LogP contribution in [0.15, 0.2) is 81.9 Å². The van der Waals surface area contributed by atoms with Crippen LogP contribution in [0.4, 0.5) is 5.69 Å². The number of hydrogen-bond acceptors (Lipinski definition) is 4. The summed E-state index contributed by atoms with van der Waals surface area (Å²) < 4.78 is 0. The van der Waals surface area contributed by atoms with Gasteiger partial charge in [0, 0.05) is 35.0 Å². The summed E-state index contributed by atoms with van der Waals surface area (Å²) in [5.41, 5.74) is 6.87. The van der Waals surface area contributed by atoms with E-state index in [9.17, 15) is 9.90 Å². The van der Waals surface area contributed by atoms with E-state index in [1.54, 1.807) is 12.1 Å². The molecule has 2 unspecified atom stereocenters. The lowest BCUT2D eigenvalue weighted by molar-refractivity contribution is -0.115. The van der Waals surface area contributed by atoms with Crippen molar-refractivity contribution in [3.63, 3.8) is 0 Å². The fourth-order valence-electron chi connectivity index (χ4n) is 4.82. The number of carbonyl (C=O) groups excluding carboxylic acids is 1. The second-order valence-electron chi connectivity index (χ2n) is 7.48. The zero-order chi connectivity index (χ0) is 18.8. The van der Waals surface area contributed by atoms with Crippen molar-refractivity contribution in [1.82, 2.24) is 0 Å². The Balaban J connectivity index is 1.57. The SMILES string of the molecule is O=C1C2=Nc3c(O)cccc3C2=C2C=NC=C2C1C1C=CCc2ccccc21. The molecule has 4 aliphatic rings. The third-order valence-corrected chi connectivity index (χ3v) is 6.05. The standard InChI is InChI=1S/C24H16N2O2/c27-19-10-4-9-16-20-17-11-25-12-18(17)21(24(28)23(20)26-22(16)19)15-8-3-6-13-5-1-2-7-14(13)15/h1-5,7-12,15,21,27H,6H2. The van der Waals surface area contributed by atoms with Crippen LogP contribution in [0.2, 0.25) is 0 Å². The molecule has 0 saturated heterocycles. The van der Waals surface area contributed by atoms with Gasteiger partial charge in [-0.1, -0.05) is 48.6 Å². The van der Waals surface area contributed by atoms with E-state index in [1.165, 1.54) is 11.1 Å². The van der Waals surface area contributed by atoms with Crippen molar-refractivity contribution in [3.05, 3.63) is 88.7 Å². The van der Waals surface area contributed by atoms with Gasteiger partial charge in [-0.2, -0.15) is 0 Å². The smallest absolute Gasteiger partial charge is 0.190 e. The highest BCUT2D eigenvalue weighted by Gasteiger charge is 2.45. The summed E-state index contributed by atoms with van der Waals surface area (Å²) in [6.07, 6.45) is 8.81. The number of rotatable bonds is 1. The minimum Gasteiger partial charge on any atom is -0.506 e. The highest BCUT2D eigenvalue weighted by Crippen LogP contribution is 2.51. The lowest BCUT2D eigenvalue weighted by Gasteiger charge is -2.32. The minimum absolute atomic E-state index is 0.00236. The van der Waals surface area contributed by atoms with Crippen LogP contribution in [0.25, 0.3) is 5.57 Å². The molecule has 2 atom stereocenters. The Bertz CT molecular complexity index is 1230. The summed E-state index contributed by atoms with van der Waals surface area (Å²) in [6, 6.07) is 13.6. The third-order valence-electron chi connectivity index (χ3n) is 6.05. The number of Topliss-reactive ketones (excluding diaryl/α,β-unsaturated/α-hetero) is 1. The maximum Gasteiger partial charge on any atom is 0.190 e. The molecule has 0 saturated carbocycles. The van der Waals surface area contributed by atoms with E-state index < -0.39 is 0 Å². The number of carbonyl (C=O) groups is 1. The molecule has 2 aliphatic carbocycles.